The Morgan fingerprint density at radius 2 is 1.91 bits per heavy atom. The van der Waals surface area contributed by atoms with Crippen LogP contribution in [0.4, 0.5) is 10.1 Å². The number of nitrogens with one attached hydrogen (secondary N) is 3. The van der Waals surface area contributed by atoms with E-state index in [2.05, 4.69) is 16.0 Å². The van der Waals surface area contributed by atoms with Gasteiger partial charge in [-0.2, -0.15) is 0 Å². The standard InChI is InChI=1S/C11H9Cl5FN3OS/c12-5-1-2-6(13)7(3-5)18-10(22)20-9(11(14,15)16)19-8(21)4-17/h1-3,9H,4H2,(H,19,21)(H2,18,20,22)/t9-/m1/s1. The van der Waals surface area contributed by atoms with Crippen LogP contribution in [0.15, 0.2) is 18.2 Å². The number of anilines is 1. The van der Waals surface area contributed by atoms with Gasteiger partial charge in [0.15, 0.2) is 11.8 Å². The maximum absolute atomic E-state index is 12.3. The van der Waals surface area contributed by atoms with Crippen LogP contribution in [-0.2, 0) is 4.79 Å². The fraction of sp³-hybridized carbons (Fsp3) is 0.273. The molecular weight excluding hydrogens is 418 g/mol. The Hall–Kier alpha value is -0.240. The SMILES string of the molecule is O=C(CF)N[C@H](NC(=S)Nc1cc(Cl)ccc1Cl)C(Cl)(Cl)Cl. The van der Waals surface area contributed by atoms with Crippen LogP contribution in [0.25, 0.3) is 0 Å². The zero-order valence-corrected chi connectivity index (χ0v) is 15.2. The van der Waals surface area contributed by atoms with Crippen molar-refractivity contribution in [3.05, 3.63) is 28.2 Å². The zero-order chi connectivity index (χ0) is 16.9. The summed E-state index contributed by atoms with van der Waals surface area (Å²) in [4.78, 5) is 11.1. The first-order valence-electron chi connectivity index (χ1n) is 5.58. The molecule has 0 bridgehead atoms. The normalized spacial score (nSPS) is 12.5. The Morgan fingerprint density at radius 1 is 1.27 bits per heavy atom. The summed E-state index contributed by atoms with van der Waals surface area (Å²) in [6.07, 6.45) is -1.25. The average Bonchev–Trinajstić information content (AvgIpc) is 2.41. The molecule has 11 heteroatoms. The van der Waals surface area contributed by atoms with Crippen molar-refractivity contribution in [2.75, 3.05) is 12.0 Å². The summed E-state index contributed by atoms with van der Waals surface area (Å²) in [5.74, 6) is -0.965. The highest BCUT2D eigenvalue weighted by Gasteiger charge is 2.34. The van der Waals surface area contributed by atoms with Gasteiger partial charge in [-0.1, -0.05) is 58.0 Å². The van der Waals surface area contributed by atoms with Gasteiger partial charge in [-0.05, 0) is 30.4 Å². The quantitative estimate of drug-likeness (QED) is 0.385. The van der Waals surface area contributed by atoms with Crippen LogP contribution < -0.4 is 16.0 Å². The minimum Gasteiger partial charge on any atom is -0.339 e. The lowest BCUT2D eigenvalue weighted by Crippen LogP contribution is -2.56. The van der Waals surface area contributed by atoms with Crippen molar-refractivity contribution in [3.8, 4) is 0 Å². The van der Waals surface area contributed by atoms with Crippen molar-refractivity contribution in [2.45, 2.75) is 9.96 Å². The summed E-state index contributed by atoms with van der Waals surface area (Å²) in [6.45, 7) is -1.26. The fourth-order valence-electron chi connectivity index (χ4n) is 1.28. The molecule has 122 valence electrons. The molecule has 1 aromatic carbocycles. The van der Waals surface area contributed by atoms with Gasteiger partial charge in [-0.25, -0.2) is 4.39 Å². The number of rotatable bonds is 4. The van der Waals surface area contributed by atoms with Crippen molar-refractivity contribution in [2.24, 2.45) is 0 Å². The molecule has 4 nitrogen and oxygen atoms in total. The van der Waals surface area contributed by atoms with Gasteiger partial charge in [0.25, 0.3) is 5.91 Å². The van der Waals surface area contributed by atoms with Crippen LogP contribution in [-0.4, -0.2) is 27.7 Å². The van der Waals surface area contributed by atoms with E-state index in [0.717, 1.165) is 0 Å². The number of hydrogen-bond donors (Lipinski definition) is 3. The number of alkyl halides is 4. The molecule has 0 radical (unpaired) electrons. The van der Waals surface area contributed by atoms with Crippen LogP contribution in [0, 0.1) is 0 Å². The maximum Gasteiger partial charge on any atom is 0.253 e. The van der Waals surface area contributed by atoms with Gasteiger partial charge in [-0.15, -0.1) is 0 Å². The Bertz CT molecular complexity index is 569. The lowest BCUT2D eigenvalue weighted by atomic mass is 10.3. The molecule has 0 saturated carbocycles. The van der Waals surface area contributed by atoms with E-state index in [1.165, 1.54) is 6.07 Å². The largest absolute Gasteiger partial charge is 0.339 e. The maximum atomic E-state index is 12.3. The second-order valence-corrected chi connectivity index (χ2v) is 7.52. The number of carbonyl (C=O) groups excluding carboxylic acids is 1. The molecule has 1 amide bonds. The summed E-state index contributed by atoms with van der Waals surface area (Å²) < 4.78 is 10.3. The predicted octanol–water partition coefficient (Wildman–Crippen LogP) is 4.06. The van der Waals surface area contributed by atoms with Gasteiger partial charge in [-0.3, -0.25) is 4.79 Å². The van der Waals surface area contributed by atoms with Crippen LogP contribution >= 0.6 is 70.2 Å². The first-order chi connectivity index (χ1) is 10.1. The second kappa shape index (κ2) is 8.57. The second-order valence-electron chi connectivity index (χ2n) is 3.90. The summed E-state index contributed by atoms with van der Waals surface area (Å²) >= 11 is 33.9. The smallest absolute Gasteiger partial charge is 0.253 e. The van der Waals surface area contributed by atoms with Crippen molar-refractivity contribution in [3.63, 3.8) is 0 Å². The Labute approximate surface area is 156 Å². The van der Waals surface area contributed by atoms with Crippen molar-refractivity contribution < 1.29 is 9.18 Å². The third kappa shape index (κ3) is 6.48. The Balaban J connectivity index is 2.79. The topological polar surface area (TPSA) is 53.2 Å². The van der Waals surface area contributed by atoms with E-state index in [-0.39, 0.29) is 5.11 Å². The molecule has 0 saturated heterocycles. The van der Waals surface area contributed by atoms with E-state index in [1.54, 1.807) is 12.1 Å². The van der Waals surface area contributed by atoms with Gasteiger partial charge in [0.1, 0.15) is 6.17 Å². The number of carbonyl (C=O) groups is 1. The van der Waals surface area contributed by atoms with Crippen LogP contribution in [0.1, 0.15) is 0 Å². The summed E-state index contributed by atoms with van der Waals surface area (Å²) in [7, 11) is 0. The van der Waals surface area contributed by atoms with Gasteiger partial charge in [0, 0.05) is 5.02 Å². The molecule has 0 fully saturated rings. The molecule has 0 spiro atoms. The Morgan fingerprint density at radius 3 is 2.45 bits per heavy atom. The molecule has 0 aliphatic heterocycles. The van der Waals surface area contributed by atoms with Crippen molar-refractivity contribution in [1.29, 1.82) is 0 Å². The van der Waals surface area contributed by atoms with E-state index < -0.39 is 22.5 Å². The van der Waals surface area contributed by atoms with E-state index in [9.17, 15) is 9.18 Å². The third-order valence-electron chi connectivity index (χ3n) is 2.21. The number of hydrogen-bond acceptors (Lipinski definition) is 2. The molecule has 3 N–H and O–H groups in total. The molecule has 1 atom stereocenters. The van der Waals surface area contributed by atoms with Crippen LogP contribution in [0.3, 0.4) is 0 Å². The van der Waals surface area contributed by atoms with Crippen LogP contribution in [0.5, 0.6) is 0 Å². The third-order valence-corrected chi connectivity index (χ3v) is 3.65. The molecule has 0 aromatic heterocycles. The molecule has 1 aromatic rings. The molecule has 0 aliphatic rings. The minimum atomic E-state index is -1.96. The van der Waals surface area contributed by atoms with Crippen molar-refractivity contribution in [1.82, 2.24) is 10.6 Å². The first kappa shape index (κ1) is 19.8. The van der Waals surface area contributed by atoms with E-state index in [0.29, 0.717) is 15.7 Å². The van der Waals surface area contributed by atoms with Gasteiger partial charge < -0.3 is 16.0 Å². The molecular formula is C11H9Cl5FN3OS. The number of amides is 1. The van der Waals surface area contributed by atoms with E-state index in [1.807, 2.05) is 0 Å². The highest BCUT2D eigenvalue weighted by atomic mass is 35.6. The number of benzene rings is 1. The van der Waals surface area contributed by atoms with E-state index >= 15 is 0 Å². The van der Waals surface area contributed by atoms with Gasteiger partial charge in [0.05, 0.1) is 10.7 Å². The van der Waals surface area contributed by atoms with Crippen molar-refractivity contribution >= 4 is 86.9 Å². The lowest BCUT2D eigenvalue weighted by Gasteiger charge is -2.27. The van der Waals surface area contributed by atoms with Gasteiger partial charge in [0.2, 0.25) is 3.79 Å². The monoisotopic (exact) mass is 425 g/mol. The summed E-state index contributed by atoms with van der Waals surface area (Å²) in [5, 5.41) is 8.18. The number of halogens is 6. The molecule has 1 rings (SSSR count). The highest BCUT2D eigenvalue weighted by molar-refractivity contribution is 7.80. The minimum absolute atomic E-state index is 0.0142. The van der Waals surface area contributed by atoms with Crippen LogP contribution in [0.2, 0.25) is 10.0 Å². The first-order valence-corrected chi connectivity index (χ1v) is 7.88. The average molecular weight is 428 g/mol. The molecule has 0 unspecified atom stereocenters. The van der Waals surface area contributed by atoms with E-state index in [4.69, 9.17) is 70.2 Å². The zero-order valence-electron chi connectivity index (χ0n) is 10.6. The highest BCUT2D eigenvalue weighted by Crippen LogP contribution is 2.29. The number of thiocarbonyl (C=S) groups is 1. The fourth-order valence-corrected chi connectivity index (χ4v) is 2.17. The predicted molar refractivity (Wildman–Crippen MR) is 94.0 cm³/mol. The molecule has 0 aliphatic carbocycles. The molecule has 0 heterocycles. The Kier molecular flexibility index (Phi) is 7.71. The lowest BCUT2D eigenvalue weighted by molar-refractivity contribution is -0.122. The summed E-state index contributed by atoms with van der Waals surface area (Å²) in [5.41, 5.74) is 0.409. The molecule has 22 heavy (non-hydrogen) atoms. The summed E-state index contributed by atoms with van der Waals surface area (Å²) in [6, 6.07) is 4.69. The van der Waals surface area contributed by atoms with Gasteiger partial charge >= 0.3 is 0 Å².